The van der Waals surface area contributed by atoms with Gasteiger partial charge in [0.25, 0.3) is 5.56 Å². The first kappa shape index (κ1) is 20.0. The first-order valence-electron chi connectivity index (χ1n) is 8.95. The summed E-state index contributed by atoms with van der Waals surface area (Å²) in [5, 5.41) is 2.91. The lowest BCUT2D eigenvalue weighted by atomic mass is 9.83. The predicted molar refractivity (Wildman–Crippen MR) is 105 cm³/mol. The van der Waals surface area contributed by atoms with E-state index in [-0.39, 0.29) is 23.3 Å². The van der Waals surface area contributed by atoms with Gasteiger partial charge >= 0.3 is 0 Å². The number of aromatic nitrogens is 1. The Morgan fingerprint density at radius 1 is 1.27 bits per heavy atom. The van der Waals surface area contributed by atoms with Crippen molar-refractivity contribution < 1.29 is 4.79 Å². The molecule has 0 radical (unpaired) electrons. The van der Waals surface area contributed by atoms with Gasteiger partial charge in [-0.15, -0.1) is 0 Å². The van der Waals surface area contributed by atoms with Gasteiger partial charge in [-0.1, -0.05) is 54.7 Å². The normalized spacial score (nSPS) is 24.2. The highest BCUT2D eigenvalue weighted by Gasteiger charge is 2.44. The number of carbonyl (C=O) groups is 1. The summed E-state index contributed by atoms with van der Waals surface area (Å²) in [4.78, 5) is 26.5. The molecule has 0 unspecified atom stereocenters. The lowest BCUT2D eigenvalue weighted by Crippen LogP contribution is -2.60. The highest BCUT2D eigenvalue weighted by Crippen LogP contribution is 2.39. The third-order valence-corrected chi connectivity index (χ3v) is 5.69. The molecule has 1 N–H and O–H groups in total. The highest BCUT2D eigenvalue weighted by molar-refractivity contribution is 6.68. The molecule has 1 amide bonds. The molecular formula is C18H24Cl3N3O2. The number of piperidine rings is 1. The number of hydrogen-bond acceptors (Lipinski definition) is 3. The zero-order valence-electron chi connectivity index (χ0n) is 14.9. The summed E-state index contributed by atoms with van der Waals surface area (Å²) in [6.45, 7) is 5.93. The molecule has 144 valence electrons. The Morgan fingerprint density at radius 2 is 2.00 bits per heavy atom. The minimum Gasteiger partial charge on any atom is -0.337 e. The number of amides is 1. The zero-order chi connectivity index (χ0) is 19.1. The van der Waals surface area contributed by atoms with E-state index in [9.17, 15) is 9.59 Å². The summed E-state index contributed by atoms with van der Waals surface area (Å²) in [7, 11) is 0. The molecule has 5 nitrogen and oxygen atoms in total. The molecule has 0 aliphatic carbocycles. The lowest BCUT2D eigenvalue weighted by Gasteiger charge is -2.47. The largest absolute Gasteiger partial charge is 0.337 e. The Morgan fingerprint density at radius 3 is 2.65 bits per heavy atom. The Kier molecular flexibility index (Phi) is 5.92. The van der Waals surface area contributed by atoms with Crippen LogP contribution in [0.5, 0.6) is 0 Å². The Hall–Kier alpha value is -0.750. The van der Waals surface area contributed by atoms with Crippen LogP contribution < -0.4 is 10.9 Å². The Bertz CT molecular complexity index is 729. The maximum Gasteiger partial charge on any atom is 0.250 e. The van der Waals surface area contributed by atoms with Crippen LogP contribution in [0.15, 0.2) is 23.0 Å². The molecule has 1 aromatic rings. The van der Waals surface area contributed by atoms with E-state index < -0.39 is 9.96 Å². The van der Waals surface area contributed by atoms with E-state index in [2.05, 4.69) is 5.32 Å². The standard InChI is InChI=1S/C18H24Cl3N3O2/c1-11(2)6-15(25)22-17(18(19,20)21)23-8-12-7-13(10-23)14-4-3-5-16(26)24(14)9-12/h3-5,11-13,17H,6-10H2,1-2H3,(H,22,25)/t12-,13+,17-/m0/s1. The van der Waals surface area contributed by atoms with Gasteiger partial charge in [-0.05, 0) is 24.3 Å². The molecule has 1 saturated heterocycles. The minimum absolute atomic E-state index is 0.0359. The van der Waals surface area contributed by atoms with Crippen LogP contribution >= 0.6 is 34.8 Å². The van der Waals surface area contributed by atoms with Crippen molar-refractivity contribution in [1.82, 2.24) is 14.8 Å². The first-order valence-corrected chi connectivity index (χ1v) is 10.1. The number of alkyl halides is 3. The highest BCUT2D eigenvalue weighted by atomic mass is 35.6. The summed E-state index contributed by atoms with van der Waals surface area (Å²) in [6, 6.07) is 5.39. The fraction of sp³-hybridized carbons (Fsp3) is 0.667. The number of nitrogens with one attached hydrogen (secondary N) is 1. The van der Waals surface area contributed by atoms with Crippen molar-refractivity contribution in [2.24, 2.45) is 11.8 Å². The second kappa shape index (κ2) is 7.70. The van der Waals surface area contributed by atoms with Crippen LogP contribution in [0.1, 0.15) is 38.3 Å². The topological polar surface area (TPSA) is 54.3 Å². The van der Waals surface area contributed by atoms with Gasteiger partial charge in [0.05, 0.1) is 0 Å². The molecule has 3 heterocycles. The summed E-state index contributed by atoms with van der Waals surface area (Å²) >= 11 is 18.6. The van der Waals surface area contributed by atoms with Gasteiger partial charge < -0.3 is 9.88 Å². The van der Waals surface area contributed by atoms with Crippen molar-refractivity contribution in [2.75, 3.05) is 13.1 Å². The second-order valence-electron chi connectivity index (χ2n) is 7.76. The van der Waals surface area contributed by atoms with Crippen molar-refractivity contribution in [2.45, 2.75) is 49.1 Å². The number of halogens is 3. The summed E-state index contributed by atoms with van der Waals surface area (Å²) < 4.78 is 0.229. The molecule has 0 spiro atoms. The number of nitrogens with zero attached hydrogens (tertiary/aromatic N) is 2. The quantitative estimate of drug-likeness (QED) is 0.761. The molecule has 0 saturated carbocycles. The van der Waals surface area contributed by atoms with Crippen molar-refractivity contribution in [1.29, 1.82) is 0 Å². The molecule has 3 atom stereocenters. The zero-order valence-corrected chi connectivity index (χ0v) is 17.2. The smallest absolute Gasteiger partial charge is 0.250 e. The minimum atomic E-state index is -1.63. The summed E-state index contributed by atoms with van der Waals surface area (Å²) in [5.41, 5.74) is 1.06. The predicted octanol–water partition coefficient (Wildman–Crippen LogP) is 3.13. The van der Waals surface area contributed by atoms with Gasteiger partial charge in [0.1, 0.15) is 6.17 Å². The second-order valence-corrected chi connectivity index (χ2v) is 10.1. The average molecular weight is 421 g/mol. The number of fused-ring (bicyclic) bond motifs is 4. The van der Waals surface area contributed by atoms with Crippen molar-refractivity contribution in [3.05, 3.63) is 34.2 Å². The van der Waals surface area contributed by atoms with Crippen LogP contribution in [0.2, 0.25) is 0 Å². The molecule has 0 aromatic carbocycles. The number of carbonyl (C=O) groups excluding carboxylic acids is 1. The summed E-state index contributed by atoms with van der Waals surface area (Å²) in [6.07, 6.45) is 0.703. The molecule has 2 bridgehead atoms. The number of hydrogen-bond donors (Lipinski definition) is 1. The third-order valence-electron chi connectivity index (χ3n) is 5.07. The van der Waals surface area contributed by atoms with E-state index >= 15 is 0 Å². The van der Waals surface area contributed by atoms with Crippen LogP contribution in [0, 0.1) is 11.8 Å². The van der Waals surface area contributed by atoms with Gasteiger partial charge in [0.2, 0.25) is 9.70 Å². The molecule has 1 fully saturated rings. The Balaban J connectivity index is 1.82. The van der Waals surface area contributed by atoms with Gasteiger partial charge in [-0.3, -0.25) is 14.5 Å². The van der Waals surface area contributed by atoms with Gasteiger partial charge in [-0.2, -0.15) is 0 Å². The lowest BCUT2D eigenvalue weighted by molar-refractivity contribution is -0.124. The summed E-state index contributed by atoms with van der Waals surface area (Å²) in [5.74, 6) is 0.584. The maximum atomic E-state index is 12.3. The van der Waals surface area contributed by atoms with E-state index in [0.717, 1.165) is 12.1 Å². The van der Waals surface area contributed by atoms with Crippen molar-refractivity contribution >= 4 is 40.7 Å². The van der Waals surface area contributed by atoms with Crippen LogP contribution in [-0.2, 0) is 11.3 Å². The Labute approximate surface area is 168 Å². The van der Waals surface area contributed by atoms with Crippen molar-refractivity contribution in [3.8, 4) is 0 Å². The van der Waals surface area contributed by atoms with E-state index in [1.54, 1.807) is 12.1 Å². The first-order chi connectivity index (χ1) is 12.1. The van der Waals surface area contributed by atoms with E-state index in [1.165, 1.54) is 0 Å². The number of pyridine rings is 1. The number of rotatable bonds is 4. The van der Waals surface area contributed by atoms with E-state index in [4.69, 9.17) is 34.8 Å². The van der Waals surface area contributed by atoms with Gasteiger partial charge in [0, 0.05) is 43.7 Å². The molecular weight excluding hydrogens is 397 g/mol. The molecule has 2 aliphatic heterocycles. The number of likely N-dealkylation sites (tertiary alicyclic amines) is 1. The van der Waals surface area contributed by atoms with E-state index in [0.29, 0.717) is 32.0 Å². The SMILES string of the molecule is CC(C)CC(=O)N[C@@H](N1C[C@@H]2C[C@H](C1)c1cccc(=O)n1C2)C(Cl)(Cl)Cl. The van der Waals surface area contributed by atoms with E-state index in [1.807, 2.05) is 29.4 Å². The molecule has 2 aliphatic rings. The van der Waals surface area contributed by atoms with Crippen molar-refractivity contribution in [3.63, 3.8) is 0 Å². The van der Waals surface area contributed by atoms with Gasteiger partial charge in [0.15, 0.2) is 0 Å². The fourth-order valence-electron chi connectivity index (χ4n) is 4.11. The molecule has 3 rings (SSSR count). The molecule has 8 heteroatoms. The monoisotopic (exact) mass is 419 g/mol. The van der Waals surface area contributed by atoms with Crippen LogP contribution in [0.4, 0.5) is 0 Å². The average Bonchev–Trinajstić information content (AvgIpc) is 2.52. The maximum absolute atomic E-state index is 12.3. The fourth-order valence-corrected chi connectivity index (χ4v) is 4.68. The third kappa shape index (κ3) is 4.38. The van der Waals surface area contributed by atoms with Crippen LogP contribution in [0.3, 0.4) is 0 Å². The molecule has 26 heavy (non-hydrogen) atoms. The van der Waals surface area contributed by atoms with Crippen LogP contribution in [-0.4, -0.2) is 38.4 Å². The van der Waals surface area contributed by atoms with Crippen LogP contribution in [0.25, 0.3) is 0 Å². The van der Waals surface area contributed by atoms with Gasteiger partial charge in [-0.25, -0.2) is 0 Å². The molecule has 1 aromatic heterocycles.